The number of nitrogens with zero attached hydrogens (tertiary/aromatic N) is 2. The van der Waals surface area contributed by atoms with Gasteiger partial charge >= 0.3 is 0 Å². The van der Waals surface area contributed by atoms with Crippen molar-refractivity contribution in [3.8, 4) is 0 Å². The van der Waals surface area contributed by atoms with Gasteiger partial charge in [0.05, 0.1) is 0 Å². The third-order valence-corrected chi connectivity index (χ3v) is 5.39. The number of guanidine groups is 1. The van der Waals surface area contributed by atoms with Gasteiger partial charge in [-0.15, -0.1) is 24.0 Å². The first-order chi connectivity index (χ1) is 9.46. The molecule has 2 N–H and O–H groups in total. The Labute approximate surface area is 152 Å². The number of rotatable bonds is 6. The van der Waals surface area contributed by atoms with Crippen LogP contribution in [0.2, 0.25) is 0 Å². The number of hydrogen-bond acceptors (Lipinski definition) is 3. The van der Waals surface area contributed by atoms with Crippen LogP contribution in [0.1, 0.15) is 33.1 Å². The summed E-state index contributed by atoms with van der Waals surface area (Å²) in [4.78, 5) is 6.72. The minimum Gasteiger partial charge on any atom is -0.356 e. The Morgan fingerprint density at radius 2 is 1.90 bits per heavy atom. The van der Waals surface area contributed by atoms with Gasteiger partial charge in [0.15, 0.2) is 5.96 Å². The SMILES string of the molecule is CN=C(NCCC1CCN(C)CC1)NCC(C)(C)SC.I. The molecule has 1 rings (SSSR count). The van der Waals surface area contributed by atoms with E-state index < -0.39 is 0 Å². The van der Waals surface area contributed by atoms with E-state index in [0.717, 1.165) is 25.0 Å². The molecule has 0 amide bonds. The molecule has 4 nitrogen and oxygen atoms in total. The van der Waals surface area contributed by atoms with Crippen molar-refractivity contribution >= 4 is 41.7 Å². The largest absolute Gasteiger partial charge is 0.356 e. The van der Waals surface area contributed by atoms with E-state index >= 15 is 0 Å². The molecule has 0 aromatic carbocycles. The van der Waals surface area contributed by atoms with Crippen LogP contribution in [-0.2, 0) is 0 Å². The molecule has 0 aliphatic carbocycles. The molecule has 1 saturated heterocycles. The molecule has 0 aromatic rings. The fourth-order valence-electron chi connectivity index (χ4n) is 2.33. The van der Waals surface area contributed by atoms with Gasteiger partial charge in [0.1, 0.15) is 0 Å². The third kappa shape index (κ3) is 9.13. The summed E-state index contributed by atoms with van der Waals surface area (Å²) in [5.74, 6) is 1.81. The predicted molar refractivity (Wildman–Crippen MR) is 107 cm³/mol. The molecule has 1 fully saturated rings. The lowest BCUT2D eigenvalue weighted by Gasteiger charge is -2.29. The minimum absolute atomic E-state index is 0. The highest BCUT2D eigenvalue weighted by atomic mass is 127. The van der Waals surface area contributed by atoms with Gasteiger partial charge in [-0.05, 0) is 65.4 Å². The standard InChI is InChI=1S/C15H32N4S.HI/c1-15(2,20-5)12-18-14(16-3)17-9-6-13-7-10-19(4)11-8-13;/h13H,6-12H2,1-5H3,(H2,16,17,18);1H. The summed E-state index contributed by atoms with van der Waals surface area (Å²) in [5, 5.41) is 6.86. The molecule has 0 aromatic heterocycles. The lowest BCUT2D eigenvalue weighted by Crippen LogP contribution is -2.44. The van der Waals surface area contributed by atoms with Crippen molar-refractivity contribution in [3.63, 3.8) is 0 Å². The van der Waals surface area contributed by atoms with Gasteiger partial charge in [-0.3, -0.25) is 4.99 Å². The van der Waals surface area contributed by atoms with Crippen LogP contribution in [0.4, 0.5) is 0 Å². The maximum atomic E-state index is 4.30. The van der Waals surface area contributed by atoms with E-state index in [2.05, 4.69) is 47.7 Å². The van der Waals surface area contributed by atoms with Crippen molar-refractivity contribution in [3.05, 3.63) is 0 Å². The molecule has 0 radical (unpaired) electrons. The Bertz CT molecular complexity index is 302. The lowest BCUT2D eigenvalue weighted by molar-refractivity contribution is 0.213. The van der Waals surface area contributed by atoms with E-state index in [1.54, 1.807) is 0 Å². The van der Waals surface area contributed by atoms with E-state index in [4.69, 9.17) is 0 Å². The number of halogens is 1. The van der Waals surface area contributed by atoms with E-state index in [1.807, 2.05) is 18.8 Å². The summed E-state index contributed by atoms with van der Waals surface area (Å²) in [6, 6.07) is 0. The molecular weight excluding hydrogens is 395 g/mol. The highest BCUT2D eigenvalue weighted by molar-refractivity contribution is 14.0. The normalized spacial score (nSPS) is 18.2. The molecule has 126 valence electrons. The molecule has 6 heteroatoms. The molecule has 0 atom stereocenters. The van der Waals surface area contributed by atoms with Crippen molar-refractivity contribution in [2.45, 2.75) is 37.9 Å². The summed E-state index contributed by atoms with van der Waals surface area (Å²) in [5.41, 5.74) is 0. The second-order valence-corrected chi connectivity index (χ2v) is 7.87. The van der Waals surface area contributed by atoms with Gasteiger partial charge < -0.3 is 15.5 Å². The maximum Gasteiger partial charge on any atom is 0.191 e. The maximum absolute atomic E-state index is 4.30. The van der Waals surface area contributed by atoms with Gasteiger partial charge in [-0.1, -0.05) is 0 Å². The van der Waals surface area contributed by atoms with Crippen LogP contribution >= 0.6 is 35.7 Å². The number of aliphatic imine (C=N–C) groups is 1. The minimum atomic E-state index is 0. The Kier molecular flexibility index (Phi) is 11.1. The molecule has 0 unspecified atom stereocenters. The van der Waals surface area contributed by atoms with Gasteiger partial charge in [0, 0.05) is 24.9 Å². The van der Waals surface area contributed by atoms with Crippen molar-refractivity contribution in [2.75, 3.05) is 46.5 Å². The average Bonchev–Trinajstić information content (AvgIpc) is 2.44. The van der Waals surface area contributed by atoms with Crippen LogP contribution in [0.3, 0.4) is 0 Å². The first-order valence-electron chi connectivity index (χ1n) is 7.65. The molecule has 1 heterocycles. The van der Waals surface area contributed by atoms with E-state index in [-0.39, 0.29) is 28.7 Å². The molecule has 0 saturated carbocycles. The highest BCUT2D eigenvalue weighted by Crippen LogP contribution is 2.20. The first kappa shape index (κ1) is 21.3. The fraction of sp³-hybridized carbons (Fsp3) is 0.933. The van der Waals surface area contributed by atoms with Crippen molar-refractivity contribution in [1.29, 1.82) is 0 Å². The van der Waals surface area contributed by atoms with Crippen LogP contribution in [-0.4, -0.2) is 62.1 Å². The van der Waals surface area contributed by atoms with Crippen molar-refractivity contribution in [1.82, 2.24) is 15.5 Å². The summed E-state index contributed by atoms with van der Waals surface area (Å²) in [6.45, 7) is 8.95. The zero-order valence-corrected chi connectivity index (χ0v) is 17.4. The number of thioether (sulfide) groups is 1. The average molecular weight is 428 g/mol. The van der Waals surface area contributed by atoms with Gasteiger partial charge in [-0.2, -0.15) is 11.8 Å². The van der Waals surface area contributed by atoms with E-state index in [1.165, 1.54) is 32.4 Å². The van der Waals surface area contributed by atoms with Crippen LogP contribution in [0, 0.1) is 5.92 Å². The molecule has 0 spiro atoms. The number of piperidine rings is 1. The van der Waals surface area contributed by atoms with Crippen LogP contribution < -0.4 is 10.6 Å². The fourth-order valence-corrected chi connectivity index (χ4v) is 2.55. The van der Waals surface area contributed by atoms with Gasteiger partial charge in [-0.25, -0.2) is 0 Å². The second-order valence-electron chi connectivity index (χ2n) is 6.35. The Morgan fingerprint density at radius 3 is 2.43 bits per heavy atom. The third-order valence-electron chi connectivity index (χ3n) is 4.14. The van der Waals surface area contributed by atoms with Crippen molar-refractivity contribution < 1.29 is 0 Å². The first-order valence-corrected chi connectivity index (χ1v) is 8.87. The summed E-state index contributed by atoms with van der Waals surface area (Å²) >= 11 is 1.88. The summed E-state index contributed by atoms with van der Waals surface area (Å²) in [6.07, 6.45) is 6.08. The number of likely N-dealkylation sites (tertiary alicyclic amines) is 1. The Balaban J connectivity index is 0.00000400. The van der Waals surface area contributed by atoms with E-state index in [0.29, 0.717) is 0 Å². The van der Waals surface area contributed by atoms with Crippen LogP contribution in [0.15, 0.2) is 4.99 Å². The van der Waals surface area contributed by atoms with Crippen LogP contribution in [0.5, 0.6) is 0 Å². The van der Waals surface area contributed by atoms with Gasteiger partial charge in [0.2, 0.25) is 0 Å². The highest BCUT2D eigenvalue weighted by Gasteiger charge is 2.17. The molecule has 1 aliphatic rings. The zero-order valence-electron chi connectivity index (χ0n) is 14.2. The van der Waals surface area contributed by atoms with E-state index in [9.17, 15) is 0 Å². The quantitative estimate of drug-likeness (QED) is 0.388. The van der Waals surface area contributed by atoms with Crippen molar-refractivity contribution in [2.24, 2.45) is 10.9 Å². The molecule has 1 aliphatic heterocycles. The molecule has 21 heavy (non-hydrogen) atoms. The molecular formula is C15H33IN4S. The van der Waals surface area contributed by atoms with Gasteiger partial charge in [0.25, 0.3) is 0 Å². The zero-order chi connectivity index (χ0) is 15.0. The second kappa shape index (κ2) is 10.9. The Morgan fingerprint density at radius 1 is 1.29 bits per heavy atom. The topological polar surface area (TPSA) is 39.7 Å². The number of hydrogen-bond donors (Lipinski definition) is 2. The Hall–Kier alpha value is 0.310. The van der Waals surface area contributed by atoms with Crippen LogP contribution in [0.25, 0.3) is 0 Å². The number of nitrogens with one attached hydrogen (secondary N) is 2. The molecule has 0 bridgehead atoms. The lowest BCUT2D eigenvalue weighted by atomic mass is 9.94. The summed E-state index contributed by atoms with van der Waals surface area (Å²) in [7, 11) is 4.06. The predicted octanol–water partition coefficient (Wildman–Crippen LogP) is 2.64. The smallest absolute Gasteiger partial charge is 0.191 e. The summed E-state index contributed by atoms with van der Waals surface area (Å²) < 4.78 is 0.242. The monoisotopic (exact) mass is 428 g/mol.